The van der Waals surface area contributed by atoms with Gasteiger partial charge in [-0.2, -0.15) is 0 Å². The Morgan fingerprint density at radius 2 is 2.00 bits per heavy atom. The summed E-state index contributed by atoms with van der Waals surface area (Å²) in [6.07, 6.45) is 0. The van der Waals surface area contributed by atoms with Gasteiger partial charge in [-0.15, -0.1) is 0 Å². The summed E-state index contributed by atoms with van der Waals surface area (Å²) in [4.78, 5) is 11.1. The predicted molar refractivity (Wildman–Crippen MR) is 46.8 cm³/mol. The van der Waals surface area contributed by atoms with Crippen LogP contribution in [-0.2, 0) is 4.65 Å². The van der Waals surface area contributed by atoms with E-state index in [0.29, 0.717) is 5.56 Å². The molecule has 1 aromatic carbocycles. The normalized spacial score (nSPS) is 9.46. The molecule has 0 spiro atoms. The number of hydrogen-bond acceptors (Lipinski definition) is 4. The van der Waals surface area contributed by atoms with Crippen LogP contribution in [0.25, 0.3) is 0 Å². The maximum atomic E-state index is 11.1. The topological polar surface area (TPSA) is 66.8 Å². The molecule has 0 aliphatic heterocycles. The van der Waals surface area contributed by atoms with Crippen molar-refractivity contribution < 1.29 is 19.5 Å². The molecule has 2 N–H and O–H groups in total. The van der Waals surface area contributed by atoms with E-state index >= 15 is 0 Å². The van der Waals surface area contributed by atoms with Crippen LogP contribution >= 0.6 is 0 Å². The highest BCUT2D eigenvalue weighted by molar-refractivity contribution is 6.36. The molecule has 1 rings (SSSR count). The molecule has 13 heavy (non-hydrogen) atoms. The minimum atomic E-state index is -2.06. The lowest BCUT2D eigenvalue weighted by Gasteiger charge is -2.04. The second-order valence-corrected chi connectivity index (χ2v) is 2.55. The molecule has 1 aromatic rings. The Hall–Kier alpha value is -1.33. The Kier molecular flexibility index (Phi) is 3.05. The van der Waals surface area contributed by atoms with Crippen molar-refractivity contribution in [3.63, 3.8) is 0 Å². The van der Waals surface area contributed by atoms with E-state index in [1.807, 2.05) is 0 Å². The molecule has 0 aromatic heterocycles. The number of aryl methyl sites for hydroxylation is 1. The highest BCUT2D eigenvalue weighted by Crippen LogP contribution is 2.08. The first-order valence-corrected chi connectivity index (χ1v) is 3.74. The third kappa shape index (κ3) is 2.57. The van der Waals surface area contributed by atoms with Gasteiger partial charge in [0.1, 0.15) is 0 Å². The van der Waals surface area contributed by atoms with Gasteiger partial charge in [0.25, 0.3) is 0 Å². The quantitative estimate of drug-likeness (QED) is 0.634. The summed E-state index contributed by atoms with van der Waals surface area (Å²) in [5.41, 5.74) is 1.06. The molecule has 0 fully saturated rings. The average molecular weight is 180 g/mol. The average Bonchev–Trinajstić information content (AvgIpc) is 2.03. The largest absolute Gasteiger partial charge is 0.709 e. The lowest BCUT2D eigenvalue weighted by atomic mass is 10.1. The van der Waals surface area contributed by atoms with Crippen molar-refractivity contribution in [1.82, 2.24) is 0 Å². The molecule has 0 radical (unpaired) electrons. The Morgan fingerprint density at radius 3 is 2.54 bits per heavy atom. The minimum absolute atomic E-state index is 0.329. The third-order valence-corrected chi connectivity index (χ3v) is 1.58. The van der Waals surface area contributed by atoms with E-state index in [4.69, 9.17) is 10.0 Å². The van der Waals surface area contributed by atoms with E-state index in [0.717, 1.165) is 5.56 Å². The van der Waals surface area contributed by atoms with Crippen molar-refractivity contribution in [2.24, 2.45) is 0 Å². The molecule has 5 heteroatoms. The number of rotatable bonds is 2. The summed E-state index contributed by atoms with van der Waals surface area (Å²) >= 11 is 0. The van der Waals surface area contributed by atoms with Crippen molar-refractivity contribution in [3.8, 4) is 0 Å². The fourth-order valence-electron chi connectivity index (χ4n) is 0.961. The van der Waals surface area contributed by atoms with Gasteiger partial charge >= 0.3 is 13.3 Å². The number of benzene rings is 1. The van der Waals surface area contributed by atoms with Crippen LogP contribution in [0.3, 0.4) is 0 Å². The van der Waals surface area contributed by atoms with Crippen LogP contribution in [-0.4, -0.2) is 23.3 Å². The van der Waals surface area contributed by atoms with Gasteiger partial charge in [-0.3, -0.25) is 0 Å². The van der Waals surface area contributed by atoms with E-state index in [2.05, 4.69) is 4.65 Å². The van der Waals surface area contributed by atoms with Gasteiger partial charge in [0.05, 0.1) is 5.56 Å². The summed E-state index contributed by atoms with van der Waals surface area (Å²) in [7, 11) is -2.06. The van der Waals surface area contributed by atoms with Crippen molar-refractivity contribution in [3.05, 3.63) is 35.4 Å². The number of hydrogen-bond donors (Lipinski definition) is 2. The van der Waals surface area contributed by atoms with Crippen LogP contribution < -0.4 is 0 Å². The fraction of sp³-hybridized carbons (Fsp3) is 0.125. The first kappa shape index (κ1) is 9.76. The maximum absolute atomic E-state index is 11.1. The summed E-state index contributed by atoms with van der Waals surface area (Å²) in [5, 5.41) is 16.8. The second-order valence-electron chi connectivity index (χ2n) is 2.55. The van der Waals surface area contributed by atoms with Crippen LogP contribution in [0.15, 0.2) is 24.3 Å². The molecular formula is C8H9BO4. The Bertz CT molecular complexity index is 311. The van der Waals surface area contributed by atoms with Crippen LogP contribution in [0.2, 0.25) is 0 Å². The second kappa shape index (κ2) is 4.07. The Balaban J connectivity index is 2.83. The van der Waals surface area contributed by atoms with Crippen LogP contribution in [0.5, 0.6) is 0 Å². The van der Waals surface area contributed by atoms with Gasteiger partial charge in [-0.05, 0) is 18.6 Å². The van der Waals surface area contributed by atoms with E-state index in [-0.39, 0.29) is 0 Å². The molecule has 0 bridgehead atoms. The van der Waals surface area contributed by atoms with Crippen molar-refractivity contribution >= 4 is 13.3 Å². The SMILES string of the molecule is Cc1ccccc1C(=O)OB(O)O. The molecule has 0 amide bonds. The molecule has 0 aliphatic carbocycles. The van der Waals surface area contributed by atoms with E-state index in [9.17, 15) is 4.79 Å². The molecule has 0 atom stereocenters. The predicted octanol–water partition coefficient (Wildman–Crippen LogP) is 0.121. The Morgan fingerprint density at radius 1 is 1.38 bits per heavy atom. The van der Waals surface area contributed by atoms with Crippen LogP contribution in [0.4, 0.5) is 0 Å². The lowest BCUT2D eigenvalue weighted by molar-refractivity contribution is 0.0648. The van der Waals surface area contributed by atoms with Gasteiger partial charge in [0, 0.05) is 0 Å². The zero-order chi connectivity index (χ0) is 9.84. The minimum Gasteiger partial charge on any atom is -0.481 e. The van der Waals surface area contributed by atoms with Crippen LogP contribution in [0.1, 0.15) is 15.9 Å². The summed E-state index contributed by atoms with van der Waals surface area (Å²) in [6.45, 7) is 1.74. The molecule has 0 aliphatic rings. The lowest BCUT2D eigenvalue weighted by Crippen LogP contribution is -2.22. The highest BCUT2D eigenvalue weighted by Gasteiger charge is 2.18. The fourth-order valence-corrected chi connectivity index (χ4v) is 0.961. The highest BCUT2D eigenvalue weighted by atomic mass is 16.6. The van der Waals surface area contributed by atoms with Crippen molar-refractivity contribution in [2.45, 2.75) is 6.92 Å². The first-order valence-electron chi connectivity index (χ1n) is 3.74. The van der Waals surface area contributed by atoms with Gasteiger partial charge in [0.15, 0.2) is 0 Å². The summed E-state index contributed by atoms with van der Waals surface area (Å²) in [5.74, 6) is -0.742. The van der Waals surface area contributed by atoms with Crippen molar-refractivity contribution in [2.75, 3.05) is 0 Å². The van der Waals surface area contributed by atoms with E-state index in [1.54, 1.807) is 31.2 Å². The third-order valence-electron chi connectivity index (χ3n) is 1.58. The van der Waals surface area contributed by atoms with E-state index in [1.165, 1.54) is 0 Å². The van der Waals surface area contributed by atoms with Gasteiger partial charge < -0.3 is 14.7 Å². The zero-order valence-corrected chi connectivity index (χ0v) is 7.10. The standard InChI is InChI=1S/C8H9BO4/c1-6-4-2-3-5-7(6)8(10)13-9(11)12/h2-5,11-12H,1H3. The molecule has 4 nitrogen and oxygen atoms in total. The maximum Gasteiger partial charge on any atom is 0.709 e. The molecule has 68 valence electrons. The van der Waals surface area contributed by atoms with Crippen LogP contribution in [0, 0.1) is 6.92 Å². The number of carbonyl (C=O) groups excluding carboxylic acids is 1. The van der Waals surface area contributed by atoms with Gasteiger partial charge in [-0.25, -0.2) is 4.79 Å². The molecular weight excluding hydrogens is 171 g/mol. The Labute approximate surface area is 76.0 Å². The molecule has 0 saturated heterocycles. The van der Waals surface area contributed by atoms with Gasteiger partial charge in [0.2, 0.25) is 0 Å². The molecule has 0 saturated carbocycles. The summed E-state index contributed by atoms with van der Waals surface area (Å²) < 4.78 is 4.19. The van der Waals surface area contributed by atoms with Gasteiger partial charge in [-0.1, -0.05) is 18.2 Å². The summed E-state index contributed by atoms with van der Waals surface area (Å²) in [6, 6.07) is 6.75. The smallest absolute Gasteiger partial charge is 0.481 e. The zero-order valence-electron chi connectivity index (χ0n) is 7.10. The molecule has 0 unspecified atom stereocenters. The monoisotopic (exact) mass is 180 g/mol. The first-order chi connectivity index (χ1) is 6.11. The van der Waals surface area contributed by atoms with E-state index < -0.39 is 13.3 Å². The number of carbonyl (C=O) groups is 1. The molecule has 0 heterocycles. The van der Waals surface area contributed by atoms with Crippen molar-refractivity contribution in [1.29, 1.82) is 0 Å².